The summed E-state index contributed by atoms with van der Waals surface area (Å²) < 4.78 is 18.1. The van der Waals surface area contributed by atoms with Gasteiger partial charge in [0.2, 0.25) is 0 Å². The lowest BCUT2D eigenvalue weighted by molar-refractivity contribution is 0.240. The van der Waals surface area contributed by atoms with E-state index in [1.807, 2.05) is 19.2 Å². The summed E-state index contributed by atoms with van der Waals surface area (Å²) in [5.41, 5.74) is 4.55. The van der Waals surface area contributed by atoms with Crippen molar-refractivity contribution >= 4 is 12.2 Å². The molecule has 3 aromatic rings. The highest BCUT2D eigenvalue weighted by Crippen LogP contribution is 2.32. The largest absolute Gasteiger partial charge is 0.497 e. The van der Waals surface area contributed by atoms with Crippen LogP contribution in [-0.2, 0) is 13.2 Å². The maximum Gasteiger partial charge on any atom is 0.288 e. The molecular formula is C21H25N3O3S. The van der Waals surface area contributed by atoms with Crippen LogP contribution in [0.4, 0.5) is 0 Å². The Morgan fingerprint density at radius 3 is 2.57 bits per heavy atom. The Hall–Kier alpha value is -2.64. The fourth-order valence-electron chi connectivity index (χ4n) is 3.07. The molecule has 0 unspecified atom stereocenters. The highest BCUT2D eigenvalue weighted by molar-refractivity contribution is 7.71. The van der Waals surface area contributed by atoms with E-state index in [0.29, 0.717) is 28.9 Å². The molecule has 28 heavy (non-hydrogen) atoms. The highest BCUT2D eigenvalue weighted by Gasteiger charge is 2.15. The first-order valence-corrected chi connectivity index (χ1v) is 9.37. The van der Waals surface area contributed by atoms with E-state index in [2.05, 4.69) is 42.0 Å². The molecule has 0 amide bonds. The number of nitrogens with zero attached hydrogens (tertiary/aromatic N) is 3. The van der Waals surface area contributed by atoms with Gasteiger partial charge in [-0.05, 0) is 56.4 Å². The van der Waals surface area contributed by atoms with Crippen LogP contribution in [0.3, 0.4) is 0 Å². The zero-order valence-corrected chi connectivity index (χ0v) is 17.7. The van der Waals surface area contributed by atoms with Gasteiger partial charge in [0, 0.05) is 12.6 Å². The molecule has 0 aliphatic rings. The van der Waals surface area contributed by atoms with E-state index >= 15 is 0 Å². The summed E-state index contributed by atoms with van der Waals surface area (Å²) in [5, 5.41) is 4.55. The van der Waals surface area contributed by atoms with Crippen LogP contribution in [-0.4, -0.2) is 35.9 Å². The summed E-state index contributed by atoms with van der Waals surface area (Å²) >= 11 is 5.37. The van der Waals surface area contributed by atoms with Crippen molar-refractivity contribution in [3.8, 4) is 23.0 Å². The van der Waals surface area contributed by atoms with E-state index in [4.69, 9.17) is 26.1 Å². The molecule has 0 aliphatic heterocycles. The van der Waals surface area contributed by atoms with Gasteiger partial charge in [-0.25, -0.2) is 4.68 Å². The van der Waals surface area contributed by atoms with E-state index in [0.717, 1.165) is 12.1 Å². The van der Waals surface area contributed by atoms with E-state index in [-0.39, 0.29) is 0 Å². The molecule has 0 N–H and O–H groups in total. The average molecular weight is 400 g/mol. The minimum Gasteiger partial charge on any atom is -0.497 e. The molecule has 2 aromatic carbocycles. The maximum absolute atomic E-state index is 5.73. The molecule has 0 aliphatic carbocycles. The van der Waals surface area contributed by atoms with Crippen molar-refractivity contribution in [1.82, 2.24) is 14.7 Å². The zero-order chi connectivity index (χ0) is 20.3. The second kappa shape index (κ2) is 8.58. The Morgan fingerprint density at radius 1 is 1.11 bits per heavy atom. The zero-order valence-electron chi connectivity index (χ0n) is 16.9. The van der Waals surface area contributed by atoms with Crippen molar-refractivity contribution in [2.45, 2.75) is 27.1 Å². The number of aryl methyl sites for hydroxylation is 2. The second-order valence-corrected chi connectivity index (χ2v) is 7.17. The van der Waals surface area contributed by atoms with Crippen molar-refractivity contribution in [2.75, 3.05) is 21.3 Å². The van der Waals surface area contributed by atoms with Crippen molar-refractivity contribution in [3.63, 3.8) is 0 Å². The topological polar surface area (TPSA) is 52.7 Å². The predicted octanol–water partition coefficient (Wildman–Crippen LogP) is 4.60. The summed E-state index contributed by atoms with van der Waals surface area (Å²) in [6, 6.07) is 12.0. The van der Waals surface area contributed by atoms with Crippen LogP contribution in [0, 0.1) is 18.7 Å². The van der Waals surface area contributed by atoms with Crippen LogP contribution >= 0.6 is 12.2 Å². The molecule has 0 saturated carbocycles. The number of hydrogen-bond acceptors (Lipinski definition) is 6. The quantitative estimate of drug-likeness (QED) is 0.542. The van der Waals surface area contributed by atoms with Gasteiger partial charge in [0.05, 0.1) is 26.5 Å². The molecule has 1 aromatic heterocycles. The highest BCUT2D eigenvalue weighted by atomic mass is 32.1. The normalized spacial score (nSPS) is 11.1. The molecule has 0 spiro atoms. The first-order chi connectivity index (χ1) is 13.4. The lowest BCUT2D eigenvalue weighted by Crippen LogP contribution is -2.22. The van der Waals surface area contributed by atoms with E-state index in [1.54, 1.807) is 25.0 Å². The van der Waals surface area contributed by atoms with E-state index in [1.165, 1.54) is 16.7 Å². The summed E-state index contributed by atoms with van der Waals surface area (Å²) in [6.45, 7) is 5.55. The van der Waals surface area contributed by atoms with Crippen molar-refractivity contribution in [2.24, 2.45) is 0 Å². The van der Waals surface area contributed by atoms with Gasteiger partial charge in [0.25, 0.3) is 10.7 Å². The molecule has 0 fully saturated rings. The summed E-state index contributed by atoms with van der Waals surface area (Å²) in [6.07, 6.45) is 0. The van der Waals surface area contributed by atoms with Crippen molar-refractivity contribution in [1.29, 1.82) is 0 Å². The van der Waals surface area contributed by atoms with E-state index < -0.39 is 0 Å². The lowest BCUT2D eigenvalue weighted by Gasteiger charge is -2.17. The summed E-state index contributed by atoms with van der Waals surface area (Å²) in [4.78, 5) is 2.46. The smallest absolute Gasteiger partial charge is 0.288 e. The monoisotopic (exact) mass is 399 g/mol. The summed E-state index contributed by atoms with van der Waals surface area (Å²) in [7, 11) is 5.24. The predicted molar refractivity (Wildman–Crippen MR) is 111 cm³/mol. The Bertz CT molecular complexity index is 1030. The molecule has 0 atom stereocenters. The van der Waals surface area contributed by atoms with Crippen molar-refractivity contribution < 1.29 is 13.9 Å². The van der Waals surface area contributed by atoms with Gasteiger partial charge in [-0.1, -0.05) is 23.8 Å². The van der Waals surface area contributed by atoms with Gasteiger partial charge in [0.15, 0.2) is 0 Å². The maximum atomic E-state index is 5.73. The summed E-state index contributed by atoms with van der Waals surface area (Å²) in [5.74, 6) is 1.74. The van der Waals surface area contributed by atoms with Crippen molar-refractivity contribution in [3.05, 3.63) is 57.9 Å². The Morgan fingerprint density at radius 2 is 1.89 bits per heavy atom. The van der Waals surface area contributed by atoms with Gasteiger partial charge >= 0.3 is 0 Å². The molecule has 0 bridgehead atoms. The van der Waals surface area contributed by atoms with Crippen LogP contribution in [0.1, 0.15) is 16.7 Å². The third-order valence-corrected chi connectivity index (χ3v) is 4.85. The number of aromatic nitrogens is 2. The molecule has 6 nitrogen and oxygen atoms in total. The van der Waals surface area contributed by atoms with Gasteiger partial charge in [-0.15, -0.1) is 5.10 Å². The second-order valence-electron chi connectivity index (χ2n) is 6.82. The first-order valence-electron chi connectivity index (χ1n) is 8.96. The standard InChI is InChI=1S/C21H25N3O3S/c1-14-6-7-16(15(2)10-14)12-23(3)13-24-21(28)27-20(22-24)18-9-8-17(25-4)11-19(18)26-5/h6-11H,12-13H2,1-5H3. The molecular weight excluding hydrogens is 374 g/mol. The fraction of sp³-hybridized carbons (Fsp3) is 0.333. The van der Waals surface area contributed by atoms with Gasteiger partial charge in [-0.3, -0.25) is 4.90 Å². The van der Waals surface area contributed by atoms with Gasteiger partial charge in [0.1, 0.15) is 11.5 Å². The third-order valence-electron chi connectivity index (χ3n) is 4.56. The third kappa shape index (κ3) is 4.43. The molecule has 148 valence electrons. The Balaban J connectivity index is 1.80. The molecule has 0 saturated heterocycles. The molecule has 1 heterocycles. The number of rotatable bonds is 7. The first kappa shape index (κ1) is 20.1. The molecule has 0 radical (unpaired) electrons. The fourth-order valence-corrected chi connectivity index (χ4v) is 3.25. The molecule has 7 heteroatoms. The van der Waals surface area contributed by atoms with Crippen LogP contribution in [0.5, 0.6) is 11.5 Å². The number of methoxy groups -OCH3 is 2. The van der Waals surface area contributed by atoms with Gasteiger partial charge in [-0.2, -0.15) is 0 Å². The lowest BCUT2D eigenvalue weighted by atomic mass is 10.1. The average Bonchev–Trinajstić information content (AvgIpc) is 3.03. The minimum atomic E-state index is 0.320. The van der Waals surface area contributed by atoms with Crippen LogP contribution in [0.25, 0.3) is 11.5 Å². The van der Waals surface area contributed by atoms with Crippen LogP contribution in [0.2, 0.25) is 0 Å². The Labute approximate surface area is 170 Å². The van der Waals surface area contributed by atoms with Crippen LogP contribution < -0.4 is 9.47 Å². The van der Waals surface area contributed by atoms with E-state index in [9.17, 15) is 0 Å². The number of hydrogen-bond donors (Lipinski definition) is 0. The Kier molecular flexibility index (Phi) is 6.16. The molecule has 3 rings (SSSR count). The van der Waals surface area contributed by atoms with Gasteiger partial charge < -0.3 is 13.9 Å². The SMILES string of the molecule is COc1ccc(-c2nn(CN(C)Cc3ccc(C)cc3C)c(=S)o2)c(OC)c1. The number of ether oxygens (including phenoxy) is 2. The minimum absolute atomic E-state index is 0.320. The van der Waals surface area contributed by atoms with Crippen LogP contribution in [0.15, 0.2) is 40.8 Å². The number of benzene rings is 2.